The van der Waals surface area contributed by atoms with Crippen molar-refractivity contribution in [3.05, 3.63) is 74.7 Å². The number of ether oxygens (including phenoxy) is 1. The number of rotatable bonds is 5. The van der Waals surface area contributed by atoms with Crippen LogP contribution in [0.4, 0.5) is 0 Å². The first kappa shape index (κ1) is 16.6. The van der Waals surface area contributed by atoms with E-state index < -0.39 is 0 Å². The number of nitrogens with zero attached hydrogens (tertiary/aromatic N) is 3. The first-order chi connectivity index (χ1) is 11.6. The first-order valence-electron chi connectivity index (χ1n) is 7.27. The quantitative estimate of drug-likeness (QED) is 0.505. The molecule has 1 aromatic heterocycles. The van der Waals surface area contributed by atoms with Crippen molar-refractivity contribution in [2.24, 2.45) is 5.10 Å². The van der Waals surface area contributed by atoms with E-state index in [-0.39, 0.29) is 0 Å². The van der Waals surface area contributed by atoms with Crippen molar-refractivity contribution in [1.82, 2.24) is 14.9 Å². The Bertz CT molecular complexity index is 915. The molecule has 0 fully saturated rings. The molecule has 0 saturated heterocycles. The van der Waals surface area contributed by atoms with E-state index in [1.165, 1.54) is 0 Å². The molecule has 0 radical (unpaired) electrons. The predicted molar refractivity (Wildman–Crippen MR) is 100 cm³/mol. The minimum absolute atomic E-state index is 0.464. The zero-order chi connectivity index (χ0) is 16.9. The monoisotopic (exact) mass is 402 g/mol. The highest BCUT2D eigenvalue weighted by atomic mass is 79.9. The summed E-state index contributed by atoms with van der Waals surface area (Å²) in [5.74, 6) is 1.49. The van der Waals surface area contributed by atoms with E-state index in [1.54, 1.807) is 10.9 Å². The molecule has 7 heteroatoms. The van der Waals surface area contributed by atoms with E-state index in [9.17, 15) is 0 Å². The zero-order valence-electron chi connectivity index (χ0n) is 12.9. The van der Waals surface area contributed by atoms with E-state index in [4.69, 9.17) is 17.0 Å². The zero-order valence-corrected chi connectivity index (χ0v) is 15.3. The lowest BCUT2D eigenvalue weighted by Crippen LogP contribution is -1.97. The maximum absolute atomic E-state index is 5.83. The van der Waals surface area contributed by atoms with Crippen molar-refractivity contribution in [2.75, 3.05) is 0 Å². The third kappa shape index (κ3) is 4.18. The Hall–Kier alpha value is -2.25. The summed E-state index contributed by atoms with van der Waals surface area (Å²) in [5, 5.41) is 11.1. The van der Waals surface area contributed by atoms with Gasteiger partial charge in [-0.25, -0.2) is 0 Å². The van der Waals surface area contributed by atoms with Gasteiger partial charge in [0.05, 0.1) is 6.21 Å². The number of nitrogens with one attached hydrogen (secondary N) is 1. The molecule has 0 bridgehead atoms. The summed E-state index contributed by atoms with van der Waals surface area (Å²) in [7, 11) is 0. The van der Waals surface area contributed by atoms with Crippen LogP contribution >= 0.6 is 28.1 Å². The Kier molecular flexibility index (Phi) is 5.22. The van der Waals surface area contributed by atoms with Gasteiger partial charge in [0.1, 0.15) is 18.2 Å². The molecule has 5 nitrogen and oxygen atoms in total. The highest BCUT2D eigenvalue weighted by molar-refractivity contribution is 9.10. The van der Waals surface area contributed by atoms with Crippen LogP contribution in [0.5, 0.6) is 5.75 Å². The summed E-state index contributed by atoms with van der Waals surface area (Å²) in [6, 6.07) is 15.8. The minimum Gasteiger partial charge on any atom is -0.489 e. The summed E-state index contributed by atoms with van der Waals surface area (Å²) in [6.45, 7) is 2.35. The third-order valence-electron chi connectivity index (χ3n) is 3.31. The molecular formula is C17H15BrN4OS. The van der Waals surface area contributed by atoms with Crippen molar-refractivity contribution >= 4 is 34.4 Å². The van der Waals surface area contributed by atoms with Gasteiger partial charge < -0.3 is 4.74 Å². The first-order valence-corrected chi connectivity index (χ1v) is 8.47. The molecule has 3 rings (SSSR count). The highest BCUT2D eigenvalue weighted by Crippen LogP contribution is 2.16. The normalized spacial score (nSPS) is 11.1. The van der Waals surface area contributed by atoms with E-state index >= 15 is 0 Å². The average molecular weight is 403 g/mol. The second-order valence-electron chi connectivity index (χ2n) is 5.12. The lowest BCUT2D eigenvalue weighted by Gasteiger charge is -2.07. The maximum atomic E-state index is 5.83. The maximum Gasteiger partial charge on any atom is 0.216 e. The van der Waals surface area contributed by atoms with Crippen molar-refractivity contribution in [3.63, 3.8) is 0 Å². The molecule has 24 heavy (non-hydrogen) atoms. The molecule has 0 spiro atoms. The summed E-state index contributed by atoms with van der Waals surface area (Å²) in [5.41, 5.74) is 2.03. The largest absolute Gasteiger partial charge is 0.489 e. The number of aryl methyl sites for hydroxylation is 1. The number of halogens is 1. The topological polar surface area (TPSA) is 55.2 Å². The number of hydrogen-bond acceptors (Lipinski definition) is 4. The fourth-order valence-corrected chi connectivity index (χ4v) is 2.55. The molecule has 1 N–H and O–H groups in total. The van der Waals surface area contributed by atoms with Gasteiger partial charge in [-0.2, -0.15) is 14.9 Å². The smallest absolute Gasteiger partial charge is 0.216 e. The Morgan fingerprint density at radius 1 is 1.29 bits per heavy atom. The van der Waals surface area contributed by atoms with Gasteiger partial charge in [-0.3, -0.25) is 5.10 Å². The van der Waals surface area contributed by atoms with Crippen LogP contribution in [-0.2, 0) is 6.61 Å². The summed E-state index contributed by atoms with van der Waals surface area (Å²) >= 11 is 8.55. The molecule has 2 aromatic carbocycles. The molecule has 0 amide bonds. The predicted octanol–water partition coefficient (Wildman–Crippen LogP) is 4.47. The van der Waals surface area contributed by atoms with Crippen molar-refractivity contribution in [3.8, 4) is 5.75 Å². The Labute approximate surface area is 153 Å². The fraction of sp³-hybridized carbons (Fsp3) is 0.118. The number of aromatic nitrogens is 3. The van der Waals surface area contributed by atoms with Gasteiger partial charge in [-0.15, -0.1) is 0 Å². The molecular weight excluding hydrogens is 388 g/mol. The molecule has 0 saturated carbocycles. The SMILES string of the molecule is Cc1n[nH]c(=S)n1/N=C/c1cccc(OCc2ccc(Br)cc2)c1. The van der Waals surface area contributed by atoms with Gasteiger partial charge in [0, 0.05) is 4.47 Å². The molecule has 0 unspecified atom stereocenters. The van der Waals surface area contributed by atoms with Crippen LogP contribution in [0.1, 0.15) is 17.0 Å². The van der Waals surface area contributed by atoms with Crippen molar-refractivity contribution < 1.29 is 4.74 Å². The number of hydrogen-bond donors (Lipinski definition) is 1. The third-order valence-corrected chi connectivity index (χ3v) is 4.10. The lowest BCUT2D eigenvalue weighted by molar-refractivity contribution is 0.306. The van der Waals surface area contributed by atoms with E-state index in [2.05, 4.69) is 31.2 Å². The number of benzene rings is 2. The van der Waals surface area contributed by atoms with Crippen molar-refractivity contribution in [2.45, 2.75) is 13.5 Å². The van der Waals surface area contributed by atoms with Crippen LogP contribution in [-0.4, -0.2) is 21.1 Å². The second-order valence-corrected chi connectivity index (χ2v) is 6.42. The molecule has 3 aromatic rings. The molecule has 0 aliphatic heterocycles. The second kappa shape index (κ2) is 7.55. The molecule has 1 heterocycles. The molecule has 0 aliphatic carbocycles. The average Bonchev–Trinajstić information content (AvgIpc) is 2.91. The lowest BCUT2D eigenvalue weighted by atomic mass is 10.2. The Morgan fingerprint density at radius 2 is 2.08 bits per heavy atom. The summed E-state index contributed by atoms with van der Waals surface area (Å²) < 4.78 is 8.93. The van der Waals surface area contributed by atoms with Crippen LogP contribution in [0, 0.1) is 11.7 Å². The van der Waals surface area contributed by atoms with Gasteiger partial charge in [0.2, 0.25) is 4.77 Å². The number of H-pyrrole nitrogens is 1. The van der Waals surface area contributed by atoms with Crippen LogP contribution in [0.3, 0.4) is 0 Å². The van der Waals surface area contributed by atoms with Gasteiger partial charge in [0.15, 0.2) is 0 Å². The van der Waals surface area contributed by atoms with Gasteiger partial charge in [-0.05, 0) is 54.5 Å². The van der Waals surface area contributed by atoms with E-state index in [0.717, 1.165) is 21.3 Å². The molecule has 122 valence electrons. The van der Waals surface area contributed by atoms with Gasteiger partial charge >= 0.3 is 0 Å². The minimum atomic E-state index is 0.464. The van der Waals surface area contributed by atoms with E-state index in [0.29, 0.717) is 17.2 Å². The van der Waals surface area contributed by atoms with Gasteiger partial charge in [0.25, 0.3) is 0 Å². The summed E-state index contributed by atoms with van der Waals surface area (Å²) in [6.07, 6.45) is 1.73. The molecule has 0 aliphatic rings. The molecule has 0 atom stereocenters. The van der Waals surface area contributed by atoms with Crippen molar-refractivity contribution in [1.29, 1.82) is 0 Å². The van der Waals surface area contributed by atoms with Gasteiger partial charge in [-0.1, -0.05) is 40.2 Å². The van der Waals surface area contributed by atoms with Crippen LogP contribution < -0.4 is 4.74 Å². The number of aromatic amines is 1. The van der Waals surface area contributed by atoms with Crippen LogP contribution in [0.2, 0.25) is 0 Å². The highest BCUT2D eigenvalue weighted by Gasteiger charge is 2.00. The van der Waals surface area contributed by atoms with E-state index in [1.807, 2.05) is 55.5 Å². The summed E-state index contributed by atoms with van der Waals surface area (Å²) in [4.78, 5) is 0. The Balaban J connectivity index is 1.70. The fourth-order valence-electron chi connectivity index (χ4n) is 2.06. The standard InChI is InChI=1S/C17H15BrN4OS/c1-12-20-21-17(24)22(12)19-10-14-3-2-4-16(9-14)23-11-13-5-7-15(18)8-6-13/h2-10H,11H2,1H3,(H,21,24)/b19-10+. The van der Waals surface area contributed by atoms with Crippen LogP contribution in [0.25, 0.3) is 0 Å². The Morgan fingerprint density at radius 3 is 2.79 bits per heavy atom. The van der Waals surface area contributed by atoms with Crippen LogP contribution in [0.15, 0.2) is 58.1 Å².